The average Bonchev–Trinajstić information content (AvgIpc) is 3.71. The Bertz CT molecular complexity index is 2750. The average molecular weight is 584 g/mol. The number of aromatic nitrogens is 3. The van der Waals surface area contributed by atoms with Crippen molar-refractivity contribution < 1.29 is 0 Å². The Labute approximate surface area is 253 Å². The molecular weight excluding hydrogens is 563 g/mol. The Kier molecular flexibility index (Phi) is 4.75. The normalized spacial score (nSPS) is 12.2. The fraction of sp³-hybridized carbons (Fsp3) is 0. The number of fused-ring (bicyclic) bond motifs is 10. The lowest BCUT2D eigenvalue weighted by Crippen LogP contribution is -2.03. The minimum Gasteiger partial charge on any atom is -0.292 e. The highest BCUT2D eigenvalue weighted by molar-refractivity contribution is 7.26. The van der Waals surface area contributed by atoms with Crippen molar-refractivity contribution in [3.05, 3.63) is 127 Å². The molecule has 4 heterocycles. The van der Waals surface area contributed by atoms with Crippen LogP contribution in [0.5, 0.6) is 0 Å². The molecule has 0 atom stereocenters. The van der Waals surface area contributed by atoms with Gasteiger partial charge in [0.05, 0.1) is 11.0 Å². The molecule has 6 aromatic carbocycles. The number of nitrogens with zero attached hydrogens (tertiary/aromatic N) is 3. The van der Waals surface area contributed by atoms with Gasteiger partial charge in [0, 0.05) is 46.6 Å². The van der Waals surface area contributed by atoms with Crippen molar-refractivity contribution in [2.75, 3.05) is 0 Å². The smallest absolute Gasteiger partial charge is 0.166 e. The minimum absolute atomic E-state index is 0.862. The molecule has 0 fully saturated rings. The monoisotopic (exact) mass is 583 g/mol. The van der Waals surface area contributed by atoms with Crippen molar-refractivity contribution in [1.29, 1.82) is 0 Å². The molecule has 0 unspecified atom stereocenters. The number of rotatable bonds is 2. The maximum absolute atomic E-state index is 5.46. The van der Waals surface area contributed by atoms with Crippen LogP contribution in [0.15, 0.2) is 127 Å². The molecule has 0 aliphatic heterocycles. The first-order valence-corrected chi connectivity index (χ1v) is 16.0. The Morgan fingerprint density at radius 1 is 0.465 bits per heavy atom. The SMILES string of the molecule is c1ccc2cc3c(cc2c1)c1ccccc1n3-c1nc2sc3ccccc3c2nc1-c1ccc2c(c1)sc1ccccc12. The molecule has 10 rings (SSSR count). The fourth-order valence-corrected chi connectivity index (χ4v) is 8.78. The summed E-state index contributed by atoms with van der Waals surface area (Å²) in [5.41, 5.74) is 5.20. The standard InChI is InChI=1S/C38H21N3S2/c1-2-10-23-20-31-29(19-22(23)9-1)25-11-3-6-14-30(25)41(31)37-35(39-36-28-13-5-8-16-33(28)43-38(36)40-37)24-17-18-27-26-12-4-7-15-32(26)42-34(27)21-24/h1-21H. The predicted octanol–water partition coefficient (Wildman–Crippen LogP) is 11.1. The van der Waals surface area contributed by atoms with Crippen LogP contribution in [0.2, 0.25) is 0 Å². The topological polar surface area (TPSA) is 30.7 Å². The molecule has 0 N–H and O–H groups in total. The third kappa shape index (κ3) is 3.35. The summed E-state index contributed by atoms with van der Waals surface area (Å²) in [6, 6.07) is 45.8. The van der Waals surface area contributed by atoms with Gasteiger partial charge in [0.15, 0.2) is 5.82 Å². The zero-order valence-corrected chi connectivity index (χ0v) is 24.4. The van der Waals surface area contributed by atoms with Gasteiger partial charge in [-0.1, -0.05) is 91.0 Å². The van der Waals surface area contributed by atoms with Crippen molar-refractivity contribution in [1.82, 2.24) is 14.5 Å². The van der Waals surface area contributed by atoms with E-state index in [-0.39, 0.29) is 0 Å². The lowest BCUT2D eigenvalue weighted by Gasteiger charge is -2.13. The highest BCUT2D eigenvalue weighted by Crippen LogP contribution is 2.42. The van der Waals surface area contributed by atoms with E-state index in [1.807, 2.05) is 11.3 Å². The second kappa shape index (κ2) is 8.71. The molecule has 5 heteroatoms. The minimum atomic E-state index is 0.862. The Balaban J connectivity index is 1.36. The number of para-hydroxylation sites is 1. The first-order chi connectivity index (χ1) is 21.3. The van der Waals surface area contributed by atoms with Crippen LogP contribution < -0.4 is 0 Å². The highest BCUT2D eigenvalue weighted by atomic mass is 32.1. The van der Waals surface area contributed by atoms with Gasteiger partial charge in [-0.2, -0.15) is 0 Å². The highest BCUT2D eigenvalue weighted by Gasteiger charge is 2.22. The number of hydrogen-bond donors (Lipinski definition) is 0. The molecule has 0 aliphatic carbocycles. The van der Waals surface area contributed by atoms with Crippen LogP contribution in [0.25, 0.3) is 90.3 Å². The fourth-order valence-electron chi connectivity index (χ4n) is 6.62. The summed E-state index contributed by atoms with van der Waals surface area (Å²) in [5, 5.41) is 8.62. The van der Waals surface area contributed by atoms with Gasteiger partial charge in [-0.3, -0.25) is 4.57 Å². The van der Waals surface area contributed by atoms with Gasteiger partial charge in [0.1, 0.15) is 16.0 Å². The summed E-state index contributed by atoms with van der Waals surface area (Å²) in [7, 11) is 0. The second-order valence-corrected chi connectivity index (χ2v) is 13.1. The van der Waals surface area contributed by atoms with Crippen LogP contribution >= 0.6 is 22.7 Å². The summed E-state index contributed by atoms with van der Waals surface area (Å²) in [4.78, 5) is 11.9. The van der Waals surface area contributed by atoms with E-state index in [2.05, 4.69) is 132 Å². The van der Waals surface area contributed by atoms with Crippen molar-refractivity contribution in [2.45, 2.75) is 0 Å². The first-order valence-electron chi connectivity index (χ1n) is 14.3. The molecule has 0 saturated heterocycles. The summed E-state index contributed by atoms with van der Waals surface area (Å²) in [6.07, 6.45) is 0. The van der Waals surface area contributed by atoms with Crippen LogP contribution in [-0.4, -0.2) is 14.5 Å². The van der Waals surface area contributed by atoms with Gasteiger partial charge in [-0.15, -0.1) is 22.7 Å². The molecule has 0 aliphatic rings. The Morgan fingerprint density at radius 3 is 2.00 bits per heavy atom. The molecule has 200 valence electrons. The molecule has 3 nitrogen and oxygen atoms in total. The van der Waals surface area contributed by atoms with Crippen LogP contribution in [-0.2, 0) is 0 Å². The van der Waals surface area contributed by atoms with E-state index in [0.29, 0.717) is 0 Å². The van der Waals surface area contributed by atoms with Gasteiger partial charge in [0.25, 0.3) is 0 Å². The van der Waals surface area contributed by atoms with E-state index in [4.69, 9.17) is 9.97 Å². The largest absolute Gasteiger partial charge is 0.292 e. The van der Waals surface area contributed by atoms with Crippen molar-refractivity contribution >= 4 is 95.9 Å². The molecule has 0 radical (unpaired) electrons. The van der Waals surface area contributed by atoms with Gasteiger partial charge >= 0.3 is 0 Å². The molecule has 43 heavy (non-hydrogen) atoms. The van der Waals surface area contributed by atoms with E-state index in [1.165, 1.54) is 46.4 Å². The van der Waals surface area contributed by atoms with Gasteiger partial charge in [0.2, 0.25) is 0 Å². The number of benzene rings is 6. The third-order valence-corrected chi connectivity index (χ3v) is 10.8. The third-order valence-electron chi connectivity index (χ3n) is 8.60. The van der Waals surface area contributed by atoms with E-state index < -0.39 is 0 Å². The summed E-state index contributed by atoms with van der Waals surface area (Å²) in [5.74, 6) is 0.862. The Hall–Kier alpha value is -5.10. The van der Waals surface area contributed by atoms with Crippen LogP contribution in [0.4, 0.5) is 0 Å². The van der Waals surface area contributed by atoms with Crippen molar-refractivity contribution in [3.63, 3.8) is 0 Å². The molecule has 0 spiro atoms. The molecule has 0 amide bonds. The van der Waals surface area contributed by atoms with Gasteiger partial charge < -0.3 is 0 Å². The summed E-state index contributed by atoms with van der Waals surface area (Å²) >= 11 is 3.55. The van der Waals surface area contributed by atoms with Crippen molar-refractivity contribution in [3.8, 4) is 17.1 Å². The van der Waals surface area contributed by atoms with E-state index in [0.717, 1.165) is 43.8 Å². The number of hydrogen-bond acceptors (Lipinski definition) is 4. The summed E-state index contributed by atoms with van der Waals surface area (Å²) < 4.78 is 6.09. The lowest BCUT2D eigenvalue weighted by atomic mass is 10.1. The zero-order chi connectivity index (χ0) is 28.1. The van der Waals surface area contributed by atoms with E-state index in [9.17, 15) is 0 Å². The van der Waals surface area contributed by atoms with E-state index >= 15 is 0 Å². The maximum atomic E-state index is 5.46. The molecule has 0 bridgehead atoms. The first kappa shape index (κ1) is 23.5. The zero-order valence-electron chi connectivity index (χ0n) is 22.8. The molecular formula is C38H21N3S2. The molecule has 0 saturated carbocycles. The lowest BCUT2D eigenvalue weighted by molar-refractivity contribution is 1.09. The van der Waals surface area contributed by atoms with Crippen LogP contribution in [0, 0.1) is 0 Å². The van der Waals surface area contributed by atoms with Crippen LogP contribution in [0.3, 0.4) is 0 Å². The predicted molar refractivity (Wildman–Crippen MR) is 185 cm³/mol. The quantitative estimate of drug-likeness (QED) is 0.203. The molecule has 4 aromatic heterocycles. The van der Waals surface area contributed by atoms with Crippen molar-refractivity contribution in [2.24, 2.45) is 0 Å². The maximum Gasteiger partial charge on any atom is 0.166 e. The number of thiophene rings is 2. The second-order valence-electron chi connectivity index (χ2n) is 11.0. The molecule has 10 aromatic rings. The van der Waals surface area contributed by atoms with Gasteiger partial charge in [-0.05, 0) is 47.2 Å². The Morgan fingerprint density at radius 2 is 1.14 bits per heavy atom. The summed E-state index contributed by atoms with van der Waals surface area (Å²) in [6.45, 7) is 0. The van der Waals surface area contributed by atoms with Gasteiger partial charge in [-0.25, -0.2) is 9.97 Å². The van der Waals surface area contributed by atoms with Crippen LogP contribution in [0.1, 0.15) is 0 Å². The van der Waals surface area contributed by atoms with E-state index in [1.54, 1.807) is 11.3 Å².